The molecule has 4 aromatic carbocycles. The summed E-state index contributed by atoms with van der Waals surface area (Å²) in [7, 11) is 2.36. The summed E-state index contributed by atoms with van der Waals surface area (Å²) in [6.07, 6.45) is 9.23. The fourth-order valence-electron chi connectivity index (χ4n) is 8.43. The van der Waals surface area contributed by atoms with Gasteiger partial charge >= 0.3 is 0 Å². The van der Waals surface area contributed by atoms with Gasteiger partial charge in [-0.1, -0.05) is 127 Å². The minimum Gasteiger partial charge on any atom is -0.297 e. The van der Waals surface area contributed by atoms with Crippen LogP contribution in [0.4, 0.5) is 0 Å². The van der Waals surface area contributed by atoms with Gasteiger partial charge in [0.2, 0.25) is 0 Å². The quantitative estimate of drug-likeness (QED) is 0.131. The second-order valence-corrected chi connectivity index (χ2v) is 19.0. The fraction of sp³-hybridized carbons (Fsp3) is 0.375. The minimum atomic E-state index is 0.380. The van der Waals surface area contributed by atoms with Gasteiger partial charge in [-0.25, -0.2) is 0 Å². The number of imidazole rings is 2. The minimum absolute atomic E-state index is 0.380. The molecule has 0 unspecified atom stereocenters. The number of aromatic nitrogens is 4. The predicted molar refractivity (Wildman–Crippen MR) is 235 cm³/mol. The first-order chi connectivity index (χ1) is 25.6. The predicted octanol–water partition coefficient (Wildman–Crippen LogP) is 14.8. The fourth-order valence-corrected chi connectivity index (χ4v) is 11.4. The van der Waals surface area contributed by atoms with Crippen LogP contribution in [0.25, 0.3) is 22.7 Å². The molecule has 0 bridgehead atoms. The van der Waals surface area contributed by atoms with Crippen molar-refractivity contribution in [3.63, 3.8) is 0 Å². The molecule has 2 heterocycles. The first kappa shape index (κ1) is 39.6. The highest BCUT2D eigenvalue weighted by atomic mass is 32.0. The van der Waals surface area contributed by atoms with E-state index in [0.717, 1.165) is 0 Å². The van der Waals surface area contributed by atoms with E-state index < -0.39 is 0 Å². The van der Waals surface area contributed by atoms with Gasteiger partial charge in [-0.05, 0) is 110 Å². The molecule has 0 amide bonds. The molecule has 0 spiro atoms. The van der Waals surface area contributed by atoms with Gasteiger partial charge in [-0.15, -0.1) is 0 Å². The number of para-hydroxylation sites is 2. The monoisotopic (exact) mass is 754 g/mol. The zero-order chi connectivity index (χ0) is 39.2. The van der Waals surface area contributed by atoms with Crippen molar-refractivity contribution in [2.45, 2.75) is 121 Å². The van der Waals surface area contributed by atoms with E-state index in [2.05, 4.69) is 201 Å². The lowest BCUT2D eigenvalue weighted by molar-refractivity contribution is 0.784. The Morgan fingerprint density at radius 2 is 0.611 bits per heavy atom. The number of aryl methyl sites for hydroxylation is 6. The summed E-state index contributed by atoms with van der Waals surface area (Å²) in [5.74, 6) is 1.52. The lowest BCUT2D eigenvalue weighted by Gasteiger charge is -2.22. The maximum atomic E-state index is 2.53. The highest BCUT2D eigenvalue weighted by Crippen LogP contribution is 2.39. The Labute approximate surface area is 327 Å². The average molecular weight is 755 g/mol. The molecule has 0 aliphatic rings. The van der Waals surface area contributed by atoms with Crippen molar-refractivity contribution in [1.29, 1.82) is 0 Å². The molecule has 2 aromatic heterocycles. The Kier molecular flexibility index (Phi) is 11.7. The smallest absolute Gasteiger partial charge is 0.154 e. The molecule has 0 N–H and O–H groups in total. The van der Waals surface area contributed by atoms with Gasteiger partial charge in [0.25, 0.3) is 0 Å². The zero-order valence-corrected chi connectivity index (χ0v) is 36.9. The van der Waals surface area contributed by atoms with Crippen molar-refractivity contribution in [1.82, 2.24) is 18.3 Å². The second kappa shape index (κ2) is 15.9. The van der Waals surface area contributed by atoms with Crippen LogP contribution >= 0.6 is 15.8 Å². The molecule has 0 saturated heterocycles. The molecule has 0 radical (unpaired) electrons. The number of hydrogen-bond donors (Lipinski definition) is 0. The van der Waals surface area contributed by atoms with Gasteiger partial charge in [-0.3, -0.25) is 18.3 Å². The van der Waals surface area contributed by atoms with E-state index in [1.165, 1.54) is 105 Å². The van der Waals surface area contributed by atoms with Crippen molar-refractivity contribution in [3.8, 4) is 22.7 Å². The topological polar surface area (TPSA) is 19.7 Å². The lowest BCUT2D eigenvalue weighted by Crippen LogP contribution is -2.10. The van der Waals surface area contributed by atoms with Crippen LogP contribution in [-0.4, -0.2) is 18.3 Å². The van der Waals surface area contributed by atoms with Gasteiger partial charge in [0.15, 0.2) is 10.4 Å². The van der Waals surface area contributed by atoms with Crippen LogP contribution in [0.15, 0.2) is 85.5 Å². The maximum absolute atomic E-state index is 2.53. The molecule has 4 nitrogen and oxygen atoms in total. The highest BCUT2D eigenvalue weighted by molar-refractivity contribution is 8.03. The zero-order valence-electron chi connectivity index (χ0n) is 35.1. The molecule has 0 aliphatic carbocycles. The summed E-state index contributed by atoms with van der Waals surface area (Å²) in [6, 6.07) is 23.1. The van der Waals surface area contributed by atoms with Crippen LogP contribution < -0.4 is 0 Å². The van der Waals surface area contributed by atoms with E-state index in [-0.39, 0.29) is 0 Å². The van der Waals surface area contributed by atoms with Crippen LogP contribution in [0, 0.1) is 51.9 Å². The largest absolute Gasteiger partial charge is 0.297 e. The van der Waals surface area contributed by atoms with E-state index in [0.29, 0.717) is 23.7 Å². The molecule has 0 saturated carbocycles. The Hall–Kier alpha value is -4.10. The summed E-state index contributed by atoms with van der Waals surface area (Å²) >= 11 is 0. The first-order valence-corrected chi connectivity index (χ1v) is 22.2. The van der Waals surface area contributed by atoms with Gasteiger partial charge < -0.3 is 0 Å². The molecule has 0 aliphatic heterocycles. The first-order valence-electron chi connectivity index (χ1n) is 19.7. The number of hydrogen-bond acceptors (Lipinski definition) is 0. The summed E-state index contributed by atoms with van der Waals surface area (Å²) < 4.78 is 9.97. The summed E-state index contributed by atoms with van der Waals surface area (Å²) in [6.45, 7) is 32.1. The van der Waals surface area contributed by atoms with E-state index in [1.54, 1.807) is 0 Å². The molecular weight excluding hydrogens is 695 g/mol. The third kappa shape index (κ3) is 7.45. The normalized spacial score (nSPS) is 12.1. The van der Waals surface area contributed by atoms with Crippen LogP contribution in [0.5, 0.6) is 0 Å². The average Bonchev–Trinajstić information content (AvgIpc) is 3.69. The molecular formula is C48H60N4P2. The standard InChI is InChI=1S/C48H60N4P2/c1-29(2)39-17-15-18-40(30(3)4)45(39)51-23-24-52(46-41(31(5)6)19-16-20-42(46)32(7)8)48(51)54-53-47-49(43-35(11)25-33(9)26-36(43)12)21-22-50(47)44-37(13)27-34(10)28-38(44)14/h15-32H,1-14H3. The van der Waals surface area contributed by atoms with Crippen molar-refractivity contribution in [2.75, 3.05) is 0 Å². The van der Waals surface area contributed by atoms with E-state index in [9.17, 15) is 0 Å². The van der Waals surface area contributed by atoms with Crippen LogP contribution in [0.1, 0.15) is 135 Å². The Morgan fingerprint density at radius 3 is 0.852 bits per heavy atom. The van der Waals surface area contributed by atoms with Crippen molar-refractivity contribution >= 4 is 15.8 Å². The van der Waals surface area contributed by atoms with Gasteiger partial charge in [0.05, 0.1) is 22.7 Å². The lowest BCUT2D eigenvalue weighted by atomic mass is 9.92. The van der Waals surface area contributed by atoms with Crippen LogP contribution in [-0.2, 0) is 0 Å². The SMILES string of the molecule is Cc1cc(C)c(-n2ccn(-c3c(C)cc(C)cc3C)c2=PP=c2n(-c3c(C(C)C)cccc3C(C)C)ccn2-c2c(C(C)C)cccc2C(C)C)c(C)c1. The van der Waals surface area contributed by atoms with Crippen molar-refractivity contribution < 1.29 is 0 Å². The summed E-state index contributed by atoms with van der Waals surface area (Å²) in [5.41, 5.74) is 18.5. The summed E-state index contributed by atoms with van der Waals surface area (Å²) in [5, 5.41) is 2.50. The Morgan fingerprint density at radius 1 is 0.370 bits per heavy atom. The van der Waals surface area contributed by atoms with E-state index >= 15 is 0 Å². The third-order valence-electron chi connectivity index (χ3n) is 10.7. The van der Waals surface area contributed by atoms with Crippen molar-refractivity contribution in [2.24, 2.45) is 0 Å². The molecule has 0 fully saturated rings. The Bertz CT molecular complexity index is 2210. The van der Waals surface area contributed by atoms with Gasteiger partial charge in [-0.2, -0.15) is 0 Å². The molecule has 6 rings (SSSR count). The third-order valence-corrected chi connectivity index (χ3v) is 13.4. The van der Waals surface area contributed by atoms with Gasteiger partial charge in [0, 0.05) is 40.6 Å². The Balaban J connectivity index is 1.82. The molecule has 0 atom stereocenters. The molecule has 282 valence electrons. The summed E-state index contributed by atoms with van der Waals surface area (Å²) in [4.78, 5) is 0. The van der Waals surface area contributed by atoms with E-state index in [4.69, 9.17) is 0 Å². The molecule has 6 aromatic rings. The highest BCUT2D eigenvalue weighted by Gasteiger charge is 2.21. The maximum Gasteiger partial charge on any atom is 0.154 e. The second-order valence-electron chi connectivity index (χ2n) is 16.6. The number of nitrogens with zero attached hydrogens (tertiary/aromatic N) is 4. The number of rotatable bonds is 9. The molecule has 6 heteroatoms. The number of benzene rings is 4. The van der Waals surface area contributed by atoms with Crippen LogP contribution in [0.3, 0.4) is 0 Å². The molecule has 54 heavy (non-hydrogen) atoms. The van der Waals surface area contributed by atoms with Gasteiger partial charge in [0.1, 0.15) is 0 Å². The van der Waals surface area contributed by atoms with Crippen LogP contribution in [0.2, 0.25) is 0 Å². The van der Waals surface area contributed by atoms with Crippen molar-refractivity contribution in [3.05, 3.63) is 151 Å². The van der Waals surface area contributed by atoms with E-state index in [1.807, 2.05) is 0 Å².